The first-order valence-electron chi connectivity index (χ1n) is 26.4. The number of esters is 4. The smallest absolute Gasteiger partial charge is 0.367 e. The lowest BCUT2D eigenvalue weighted by Gasteiger charge is -2.37. The van der Waals surface area contributed by atoms with Crippen LogP contribution in [0.25, 0.3) is 33.0 Å². The van der Waals surface area contributed by atoms with Crippen molar-refractivity contribution in [2.24, 2.45) is 0 Å². The molecule has 0 unspecified atom stereocenters. The molecule has 0 saturated carbocycles. The molecule has 0 bridgehead atoms. The lowest BCUT2D eigenvalue weighted by molar-refractivity contribution is -0.185. The van der Waals surface area contributed by atoms with Crippen molar-refractivity contribution in [3.63, 3.8) is 0 Å². The Labute approximate surface area is 511 Å². The number of thiophene rings is 2. The van der Waals surface area contributed by atoms with Gasteiger partial charge in [0.25, 0.3) is 0 Å². The maximum Gasteiger partial charge on any atom is 0.367 e. The van der Waals surface area contributed by atoms with Crippen LogP contribution in [0.5, 0.6) is 11.5 Å². The van der Waals surface area contributed by atoms with E-state index in [1.54, 1.807) is 72.8 Å². The summed E-state index contributed by atoms with van der Waals surface area (Å²) in [5.41, 5.74) is 2.79. The highest BCUT2D eigenvalue weighted by Gasteiger charge is 2.61. The second-order valence-electron chi connectivity index (χ2n) is 20.0. The molecule has 0 fully saturated rings. The first kappa shape index (κ1) is 54.5. The van der Waals surface area contributed by atoms with Crippen LogP contribution in [0.4, 0.5) is 0 Å². The number of allylic oxidation sites excluding steroid dienone is 2. The lowest BCUT2D eigenvalue weighted by Crippen LogP contribution is -2.52. The van der Waals surface area contributed by atoms with E-state index in [4.69, 9.17) is 77.3 Å². The third kappa shape index (κ3) is 9.63. The fourth-order valence-electron chi connectivity index (χ4n) is 10.6. The minimum Gasteiger partial charge on any atom is -0.459 e. The SMILES string of the molecule is O=C(OCc1ccccc1)C1(C(=O)OCc2ccccc2)Oc2cc3c(cc2-c2sc(C=C4C(=S)c5ccccc5C4=S)cc21)OC(C(=O)OCc1ccccc1)(C(=O)OCc1ccccc1)c1cc(C=C2C(=S)c4ccccc4C2=S)sc1-3. The van der Waals surface area contributed by atoms with Gasteiger partial charge in [0.1, 0.15) is 37.9 Å². The molecule has 7 aromatic carbocycles. The Morgan fingerprint density at radius 2 is 0.631 bits per heavy atom. The van der Waals surface area contributed by atoms with E-state index >= 15 is 19.2 Å². The molecular weight excluding hydrogens is 1170 g/mol. The van der Waals surface area contributed by atoms with E-state index in [9.17, 15) is 0 Å². The predicted octanol–water partition coefficient (Wildman–Crippen LogP) is 14.4. The van der Waals surface area contributed by atoms with Gasteiger partial charge in [-0.05, 0) is 58.7 Å². The summed E-state index contributed by atoms with van der Waals surface area (Å²) in [7, 11) is 0. The van der Waals surface area contributed by atoms with E-state index in [1.807, 2.05) is 133 Å². The molecule has 84 heavy (non-hydrogen) atoms. The van der Waals surface area contributed by atoms with Crippen LogP contribution in [0.15, 0.2) is 205 Å². The summed E-state index contributed by atoms with van der Waals surface area (Å²) in [4.78, 5) is 65.7. The van der Waals surface area contributed by atoms with Crippen molar-refractivity contribution in [1.29, 1.82) is 0 Å². The van der Waals surface area contributed by atoms with Crippen molar-refractivity contribution >= 4 is 127 Å². The van der Waals surface area contributed by atoms with Crippen molar-refractivity contribution in [3.05, 3.63) is 271 Å². The number of carbonyl (C=O) groups is 4. The molecule has 13 rings (SSSR count). The highest BCUT2D eigenvalue weighted by Crippen LogP contribution is 2.58. The fourth-order valence-corrected chi connectivity index (χ4v) is 14.4. The summed E-state index contributed by atoms with van der Waals surface area (Å²) in [6.07, 6.45) is 3.67. The van der Waals surface area contributed by atoms with E-state index in [2.05, 4.69) is 0 Å². The summed E-state index contributed by atoms with van der Waals surface area (Å²) >= 11 is 26.6. The van der Waals surface area contributed by atoms with Gasteiger partial charge in [0.2, 0.25) is 0 Å². The second kappa shape index (κ2) is 22.4. The zero-order valence-corrected chi connectivity index (χ0v) is 48.9. The van der Waals surface area contributed by atoms with Crippen LogP contribution in [0.2, 0.25) is 0 Å². The summed E-state index contributed by atoms with van der Waals surface area (Å²) in [6.45, 7) is -0.847. The van der Waals surface area contributed by atoms with Gasteiger partial charge in [0, 0.05) is 75.2 Å². The highest BCUT2D eigenvalue weighted by molar-refractivity contribution is 7.84. The number of carbonyl (C=O) groups excluding carboxylic acids is 4. The Balaban J connectivity index is 1.01. The topological polar surface area (TPSA) is 124 Å². The Bertz CT molecular complexity index is 3850. The maximum absolute atomic E-state index is 15.4. The predicted molar refractivity (Wildman–Crippen MR) is 338 cm³/mol. The third-order valence-corrected chi connectivity index (χ3v) is 18.7. The van der Waals surface area contributed by atoms with Gasteiger partial charge in [-0.2, -0.15) is 0 Å². The number of hydrogen-bond acceptors (Lipinski definition) is 16. The maximum atomic E-state index is 15.4. The molecule has 0 N–H and O–H groups in total. The third-order valence-electron chi connectivity index (χ3n) is 14.7. The zero-order chi connectivity index (χ0) is 57.7. The monoisotopic (exact) mass is 1210 g/mol. The molecule has 4 aliphatic rings. The van der Waals surface area contributed by atoms with Crippen LogP contribution >= 0.6 is 71.5 Å². The standard InChI is InChI=1S/C68H42O10S6/c69-63(73-35-39-17-5-1-6-18-39)67(64(70)74-36-40-19-7-2-8-20-40)53-31-43(29-51-57(79)45-25-13-14-26-46(45)58(51)80)83-61(53)49-34-56-50(33-55(49)77-67)62-54(32-44(84-62)30-52-59(81)47-27-15-16-28-48(47)60(52)82)68(78-56,65(71)75-37-41-21-9-3-10-22-41)66(72)76-38-42-23-11-4-12-24-42/h1-34H,35-38H2. The van der Waals surface area contributed by atoms with Crippen molar-refractivity contribution in [3.8, 4) is 32.4 Å². The van der Waals surface area contributed by atoms with Crippen LogP contribution in [0.3, 0.4) is 0 Å². The van der Waals surface area contributed by atoms with Crippen molar-refractivity contribution < 1.29 is 47.6 Å². The number of rotatable bonds is 14. The molecule has 16 heteroatoms. The van der Waals surface area contributed by atoms with Crippen LogP contribution < -0.4 is 9.47 Å². The molecule has 4 heterocycles. The fraction of sp³-hybridized carbons (Fsp3) is 0.0882. The molecule has 0 atom stereocenters. The summed E-state index contributed by atoms with van der Waals surface area (Å²) < 4.78 is 38.5. The molecule has 410 valence electrons. The second-order valence-corrected chi connectivity index (χ2v) is 23.8. The average molecular weight is 1210 g/mol. The van der Waals surface area contributed by atoms with E-state index in [0.717, 1.165) is 22.3 Å². The van der Waals surface area contributed by atoms with Gasteiger partial charge < -0.3 is 28.4 Å². The summed E-state index contributed by atoms with van der Waals surface area (Å²) in [6, 6.07) is 58.1. The van der Waals surface area contributed by atoms with E-state index < -0.39 is 35.1 Å². The van der Waals surface area contributed by atoms with Gasteiger partial charge in [0.15, 0.2) is 0 Å². The Kier molecular flexibility index (Phi) is 14.6. The Morgan fingerprint density at radius 1 is 0.369 bits per heavy atom. The molecule has 0 radical (unpaired) electrons. The molecular formula is C68H42O10S6. The minimum atomic E-state index is -2.58. The normalized spacial score (nSPS) is 14.5. The number of ether oxygens (including phenoxy) is 6. The van der Waals surface area contributed by atoms with Crippen molar-refractivity contribution in [2.75, 3.05) is 0 Å². The van der Waals surface area contributed by atoms with Crippen LogP contribution in [0.1, 0.15) is 65.4 Å². The Hall–Kier alpha value is -8.74. The molecule has 0 saturated heterocycles. The van der Waals surface area contributed by atoms with Crippen molar-refractivity contribution in [2.45, 2.75) is 37.6 Å². The highest BCUT2D eigenvalue weighted by atomic mass is 32.1. The first-order chi connectivity index (χ1) is 40.9. The number of thiocarbonyl (C=S) groups is 4. The summed E-state index contributed by atoms with van der Waals surface area (Å²) in [5, 5.41) is 0. The van der Waals surface area contributed by atoms with Gasteiger partial charge in [0.05, 0.1) is 19.5 Å². The van der Waals surface area contributed by atoms with Crippen LogP contribution in [0, 0.1) is 0 Å². The van der Waals surface area contributed by atoms with Gasteiger partial charge in [-0.15, -0.1) is 22.7 Å². The van der Waals surface area contributed by atoms with Crippen LogP contribution in [-0.4, -0.2) is 43.3 Å². The van der Waals surface area contributed by atoms with E-state index in [-0.39, 0.29) is 49.1 Å². The molecule has 2 aromatic heterocycles. The van der Waals surface area contributed by atoms with Gasteiger partial charge in [-0.1, -0.05) is 219 Å². The Morgan fingerprint density at radius 3 is 0.905 bits per heavy atom. The average Bonchev–Trinajstić information content (AvgIpc) is 1.91. The quantitative estimate of drug-likeness (QED) is 0.0337. The van der Waals surface area contributed by atoms with Gasteiger partial charge >= 0.3 is 35.1 Å². The number of hydrogen-bond donors (Lipinski definition) is 0. The molecule has 2 aliphatic carbocycles. The van der Waals surface area contributed by atoms with Crippen molar-refractivity contribution in [1.82, 2.24) is 0 Å². The van der Waals surface area contributed by atoms with E-state index in [1.165, 1.54) is 22.7 Å². The molecule has 10 nitrogen and oxygen atoms in total. The van der Waals surface area contributed by atoms with Crippen LogP contribution in [-0.2, 0) is 75.8 Å². The molecule has 0 amide bonds. The van der Waals surface area contributed by atoms with Gasteiger partial charge in [-0.3, -0.25) is 0 Å². The first-order valence-corrected chi connectivity index (χ1v) is 29.7. The number of fused-ring (bicyclic) bond motifs is 8. The van der Waals surface area contributed by atoms with Gasteiger partial charge in [-0.25, -0.2) is 19.2 Å². The molecule has 9 aromatic rings. The molecule has 2 aliphatic heterocycles. The zero-order valence-electron chi connectivity index (χ0n) is 44.0. The molecule has 0 spiro atoms. The minimum absolute atomic E-state index is 0.0530. The number of benzene rings is 7. The summed E-state index contributed by atoms with van der Waals surface area (Å²) in [5.74, 6) is -4.07. The largest absolute Gasteiger partial charge is 0.459 e. The van der Waals surface area contributed by atoms with E-state index in [0.29, 0.717) is 83.5 Å². The lowest BCUT2D eigenvalue weighted by atomic mass is 9.85.